The summed E-state index contributed by atoms with van der Waals surface area (Å²) in [6, 6.07) is 0. The van der Waals surface area contributed by atoms with E-state index in [1.54, 1.807) is 7.05 Å². The normalized spacial score (nSPS) is 14.4. The van der Waals surface area contributed by atoms with Gasteiger partial charge in [-0.15, -0.1) is 0 Å². The lowest BCUT2D eigenvalue weighted by Crippen LogP contribution is -2.20. The zero-order valence-electron chi connectivity index (χ0n) is 11.1. The van der Waals surface area contributed by atoms with Crippen molar-refractivity contribution in [3.63, 3.8) is 0 Å². The van der Waals surface area contributed by atoms with Crippen LogP contribution in [0.2, 0.25) is 0 Å². The molecule has 1 amide bonds. The summed E-state index contributed by atoms with van der Waals surface area (Å²) in [5, 5.41) is 6.47. The van der Waals surface area contributed by atoms with Crippen LogP contribution in [-0.2, 0) is 4.74 Å². The van der Waals surface area contributed by atoms with Crippen molar-refractivity contribution in [3.05, 3.63) is 5.56 Å². The summed E-state index contributed by atoms with van der Waals surface area (Å²) in [5.41, 5.74) is 6.12. The molecule has 0 spiro atoms. The average Bonchev–Trinajstić information content (AvgIpc) is 3.16. The molecule has 0 saturated heterocycles. The molecule has 6 nitrogen and oxygen atoms in total. The van der Waals surface area contributed by atoms with Gasteiger partial charge >= 0.3 is 0 Å². The molecule has 1 saturated carbocycles. The Morgan fingerprint density at radius 1 is 1.58 bits per heavy atom. The standard InChI is InChI=1S/C12H20N4O2S/c1-14-11(17)9-10(13)16-19-12(9)15-5-2-6-18-7-8-3-4-8/h8,15H,2-7H2,1H3,(H2,13,16)(H,14,17). The van der Waals surface area contributed by atoms with Crippen molar-refractivity contribution >= 4 is 28.3 Å². The molecule has 106 valence electrons. The lowest BCUT2D eigenvalue weighted by atomic mass is 10.3. The monoisotopic (exact) mass is 284 g/mol. The summed E-state index contributed by atoms with van der Waals surface area (Å²) >= 11 is 1.21. The van der Waals surface area contributed by atoms with Crippen molar-refractivity contribution < 1.29 is 9.53 Å². The predicted molar refractivity (Wildman–Crippen MR) is 76.6 cm³/mol. The first kappa shape index (κ1) is 14.1. The van der Waals surface area contributed by atoms with Gasteiger partial charge in [0.2, 0.25) is 0 Å². The highest BCUT2D eigenvalue weighted by Gasteiger charge is 2.21. The molecule has 1 heterocycles. The molecule has 0 radical (unpaired) electrons. The molecule has 7 heteroatoms. The second kappa shape index (κ2) is 6.72. The number of nitrogens with two attached hydrogens (primary N) is 1. The first-order valence-corrected chi connectivity index (χ1v) is 7.28. The summed E-state index contributed by atoms with van der Waals surface area (Å²) < 4.78 is 9.54. The first-order valence-electron chi connectivity index (χ1n) is 6.51. The Balaban J connectivity index is 1.71. The quantitative estimate of drug-likeness (QED) is 0.626. The maximum atomic E-state index is 11.6. The lowest BCUT2D eigenvalue weighted by Gasteiger charge is -2.06. The number of nitrogens with one attached hydrogen (secondary N) is 2. The molecule has 1 aromatic rings. The largest absolute Gasteiger partial charge is 0.382 e. The molecule has 4 N–H and O–H groups in total. The number of carbonyl (C=O) groups excluding carboxylic acids is 1. The van der Waals surface area contributed by atoms with E-state index in [-0.39, 0.29) is 11.7 Å². The Morgan fingerprint density at radius 2 is 2.37 bits per heavy atom. The van der Waals surface area contributed by atoms with Gasteiger partial charge in [-0.3, -0.25) is 4.79 Å². The number of nitrogen functional groups attached to an aromatic ring is 1. The van der Waals surface area contributed by atoms with Gasteiger partial charge in [-0.2, -0.15) is 4.37 Å². The Morgan fingerprint density at radius 3 is 3.05 bits per heavy atom. The first-order chi connectivity index (χ1) is 9.22. The van der Waals surface area contributed by atoms with Crippen LogP contribution in [0, 0.1) is 5.92 Å². The lowest BCUT2D eigenvalue weighted by molar-refractivity contribution is 0.0965. The van der Waals surface area contributed by atoms with Crippen molar-refractivity contribution in [1.29, 1.82) is 0 Å². The van der Waals surface area contributed by atoms with E-state index in [1.165, 1.54) is 24.4 Å². The zero-order chi connectivity index (χ0) is 13.7. The fraction of sp³-hybridized carbons (Fsp3) is 0.667. The highest BCUT2D eigenvalue weighted by molar-refractivity contribution is 7.11. The third kappa shape index (κ3) is 4.07. The average molecular weight is 284 g/mol. The molecule has 0 aliphatic heterocycles. The number of ether oxygens (including phenoxy) is 1. The maximum Gasteiger partial charge on any atom is 0.257 e. The van der Waals surface area contributed by atoms with Crippen LogP contribution in [0.1, 0.15) is 29.6 Å². The van der Waals surface area contributed by atoms with Crippen LogP contribution in [0.3, 0.4) is 0 Å². The van der Waals surface area contributed by atoms with Crippen molar-refractivity contribution in [2.24, 2.45) is 5.92 Å². The Labute approximate surface area is 116 Å². The minimum absolute atomic E-state index is 0.210. The van der Waals surface area contributed by atoms with Gasteiger partial charge < -0.3 is 21.1 Å². The number of hydrogen-bond donors (Lipinski definition) is 3. The Kier molecular flexibility index (Phi) is 4.98. The van der Waals surface area contributed by atoms with Gasteiger partial charge in [0.25, 0.3) is 5.91 Å². The molecular formula is C12H20N4O2S. The molecule has 1 fully saturated rings. The smallest absolute Gasteiger partial charge is 0.257 e. The van der Waals surface area contributed by atoms with E-state index in [2.05, 4.69) is 15.0 Å². The Bertz CT molecular complexity index is 431. The van der Waals surface area contributed by atoms with E-state index >= 15 is 0 Å². The number of amides is 1. The molecule has 2 rings (SSSR count). The molecule has 0 atom stereocenters. The van der Waals surface area contributed by atoms with Gasteiger partial charge in [0.05, 0.1) is 0 Å². The second-order valence-electron chi connectivity index (χ2n) is 4.65. The number of nitrogens with zero attached hydrogens (tertiary/aromatic N) is 1. The van der Waals surface area contributed by atoms with Gasteiger partial charge in [0.15, 0.2) is 5.82 Å². The summed E-state index contributed by atoms with van der Waals surface area (Å²) in [7, 11) is 1.58. The van der Waals surface area contributed by atoms with Crippen molar-refractivity contribution in [2.75, 3.05) is 37.9 Å². The fourth-order valence-corrected chi connectivity index (χ4v) is 2.41. The zero-order valence-corrected chi connectivity index (χ0v) is 11.9. The van der Waals surface area contributed by atoms with Crippen molar-refractivity contribution in [3.8, 4) is 0 Å². The number of aromatic nitrogens is 1. The maximum absolute atomic E-state index is 11.6. The number of rotatable bonds is 8. The van der Waals surface area contributed by atoms with Crippen LogP contribution in [0.15, 0.2) is 0 Å². The fourth-order valence-electron chi connectivity index (χ4n) is 1.68. The van der Waals surface area contributed by atoms with Crippen LogP contribution in [0.5, 0.6) is 0 Å². The third-order valence-electron chi connectivity index (χ3n) is 2.97. The van der Waals surface area contributed by atoms with Gasteiger partial charge in [-0.05, 0) is 36.7 Å². The van der Waals surface area contributed by atoms with E-state index in [4.69, 9.17) is 10.5 Å². The molecule has 19 heavy (non-hydrogen) atoms. The van der Waals surface area contributed by atoms with Crippen LogP contribution in [0.25, 0.3) is 0 Å². The van der Waals surface area contributed by atoms with E-state index in [0.29, 0.717) is 5.56 Å². The summed E-state index contributed by atoms with van der Waals surface area (Å²) in [6.45, 7) is 2.38. The molecular weight excluding hydrogens is 264 g/mol. The van der Waals surface area contributed by atoms with Crippen molar-refractivity contribution in [2.45, 2.75) is 19.3 Å². The summed E-state index contributed by atoms with van der Waals surface area (Å²) in [5.74, 6) is 0.865. The molecule has 0 unspecified atom stereocenters. The minimum Gasteiger partial charge on any atom is -0.382 e. The predicted octanol–water partition coefficient (Wildman–Crippen LogP) is 1.31. The van der Waals surface area contributed by atoms with Gasteiger partial charge in [-0.1, -0.05) is 0 Å². The summed E-state index contributed by atoms with van der Waals surface area (Å²) in [4.78, 5) is 11.6. The summed E-state index contributed by atoms with van der Waals surface area (Å²) in [6.07, 6.45) is 3.53. The SMILES string of the molecule is CNC(=O)c1c(N)nsc1NCCCOCC1CC1. The number of anilines is 2. The second-order valence-corrected chi connectivity index (χ2v) is 5.42. The molecule has 1 aromatic heterocycles. The molecule has 1 aliphatic rings. The topological polar surface area (TPSA) is 89.3 Å². The molecule has 0 bridgehead atoms. The molecule has 0 aromatic carbocycles. The highest BCUT2D eigenvalue weighted by atomic mass is 32.1. The van der Waals surface area contributed by atoms with E-state index in [0.717, 1.165) is 37.1 Å². The van der Waals surface area contributed by atoms with Gasteiger partial charge in [0, 0.05) is 26.8 Å². The number of hydrogen-bond acceptors (Lipinski definition) is 6. The van der Waals surface area contributed by atoms with Crippen LogP contribution >= 0.6 is 11.5 Å². The Hall–Kier alpha value is -1.34. The third-order valence-corrected chi connectivity index (χ3v) is 3.79. The molecule has 1 aliphatic carbocycles. The van der Waals surface area contributed by atoms with Crippen LogP contribution in [0.4, 0.5) is 10.8 Å². The minimum atomic E-state index is -0.210. The van der Waals surface area contributed by atoms with E-state index in [9.17, 15) is 4.79 Å². The van der Waals surface area contributed by atoms with Crippen LogP contribution < -0.4 is 16.4 Å². The van der Waals surface area contributed by atoms with E-state index < -0.39 is 0 Å². The highest BCUT2D eigenvalue weighted by Crippen LogP contribution is 2.29. The van der Waals surface area contributed by atoms with Gasteiger partial charge in [0.1, 0.15) is 10.6 Å². The van der Waals surface area contributed by atoms with Crippen molar-refractivity contribution in [1.82, 2.24) is 9.69 Å². The van der Waals surface area contributed by atoms with E-state index in [1.807, 2.05) is 0 Å². The van der Waals surface area contributed by atoms with Crippen LogP contribution in [-0.4, -0.2) is 37.1 Å². The number of carbonyl (C=O) groups is 1. The van der Waals surface area contributed by atoms with Gasteiger partial charge in [-0.25, -0.2) is 0 Å².